The molecule has 0 amide bonds. The molecule has 1 aromatic heterocycles. The molecule has 5 nitrogen and oxygen atoms in total. The fourth-order valence-electron chi connectivity index (χ4n) is 1.19. The lowest BCUT2D eigenvalue weighted by Gasteiger charge is -1.95. The summed E-state index contributed by atoms with van der Waals surface area (Å²) in [5, 5.41) is 8.39. The maximum Gasteiger partial charge on any atom is 0.173 e. The number of nitrogens with two attached hydrogens (primary N) is 1. The normalized spacial score (nSPS) is 11.9. The first-order chi connectivity index (χ1) is 8.75. The zero-order valence-electron chi connectivity index (χ0n) is 9.36. The number of aromatic nitrogens is 2. The highest BCUT2D eigenvalue weighted by atomic mass is 35.5. The van der Waals surface area contributed by atoms with Crippen LogP contribution in [0, 0.1) is 0 Å². The van der Waals surface area contributed by atoms with Crippen molar-refractivity contribution in [2.24, 2.45) is 15.9 Å². The van der Waals surface area contributed by atoms with Crippen molar-refractivity contribution < 1.29 is 0 Å². The Hall–Kier alpha value is -2.27. The number of amidine groups is 1. The molecule has 0 spiro atoms. The minimum atomic E-state index is 0.216. The Labute approximate surface area is 109 Å². The Morgan fingerprint density at radius 2 is 2.00 bits per heavy atom. The maximum absolute atomic E-state index is 5.77. The van der Waals surface area contributed by atoms with E-state index in [0.29, 0.717) is 10.7 Å². The molecule has 1 heterocycles. The van der Waals surface area contributed by atoms with E-state index in [1.165, 1.54) is 6.20 Å². The van der Waals surface area contributed by atoms with Crippen LogP contribution in [-0.2, 0) is 0 Å². The number of benzene rings is 1. The van der Waals surface area contributed by atoms with Crippen LogP contribution in [-0.4, -0.2) is 22.0 Å². The SMILES string of the molecule is N/C(=N\N=C\c1ccc(Cl)cc1)c1cnccn1. The monoisotopic (exact) mass is 259 g/mol. The van der Waals surface area contributed by atoms with E-state index < -0.39 is 0 Å². The number of rotatable bonds is 3. The summed E-state index contributed by atoms with van der Waals surface area (Å²) in [6, 6.07) is 7.22. The van der Waals surface area contributed by atoms with Gasteiger partial charge in [-0.3, -0.25) is 4.98 Å². The van der Waals surface area contributed by atoms with Crippen LogP contribution in [0.3, 0.4) is 0 Å². The second-order valence-corrected chi connectivity index (χ2v) is 3.81. The minimum absolute atomic E-state index is 0.216. The molecule has 90 valence electrons. The predicted molar refractivity (Wildman–Crippen MR) is 71.8 cm³/mol. The summed E-state index contributed by atoms with van der Waals surface area (Å²) in [5.41, 5.74) is 7.07. The van der Waals surface area contributed by atoms with Crippen LogP contribution in [0.5, 0.6) is 0 Å². The van der Waals surface area contributed by atoms with Crippen LogP contribution in [0.15, 0.2) is 53.1 Å². The van der Waals surface area contributed by atoms with Crippen molar-refractivity contribution in [3.05, 3.63) is 59.1 Å². The lowest BCUT2D eigenvalue weighted by atomic mass is 10.2. The van der Waals surface area contributed by atoms with Gasteiger partial charge in [-0.05, 0) is 17.7 Å². The number of hydrogen-bond donors (Lipinski definition) is 1. The van der Waals surface area contributed by atoms with Crippen LogP contribution < -0.4 is 5.73 Å². The van der Waals surface area contributed by atoms with Gasteiger partial charge in [0.05, 0.1) is 12.4 Å². The molecule has 0 radical (unpaired) electrons. The fraction of sp³-hybridized carbons (Fsp3) is 0. The van der Waals surface area contributed by atoms with Gasteiger partial charge < -0.3 is 5.73 Å². The van der Waals surface area contributed by atoms with Crippen molar-refractivity contribution in [2.45, 2.75) is 0 Å². The first kappa shape index (κ1) is 12.2. The Morgan fingerprint density at radius 1 is 1.22 bits per heavy atom. The summed E-state index contributed by atoms with van der Waals surface area (Å²) in [6.45, 7) is 0. The van der Waals surface area contributed by atoms with E-state index in [-0.39, 0.29) is 5.84 Å². The lowest BCUT2D eigenvalue weighted by Crippen LogP contribution is -2.14. The second kappa shape index (κ2) is 5.88. The lowest BCUT2D eigenvalue weighted by molar-refractivity contribution is 1.15. The largest absolute Gasteiger partial charge is 0.380 e. The molecule has 0 aliphatic rings. The van der Waals surface area contributed by atoms with Crippen LogP contribution >= 0.6 is 11.6 Å². The fourth-order valence-corrected chi connectivity index (χ4v) is 1.32. The molecule has 0 unspecified atom stereocenters. The van der Waals surface area contributed by atoms with Crippen molar-refractivity contribution in [3.8, 4) is 0 Å². The van der Waals surface area contributed by atoms with Crippen LogP contribution in [0.25, 0.3) is 0 Å². The van der Waals surface area contributed by atoms with Gasteiger partial charge in [-0.15, -0.1) is 5.10 Å². The molecule has 0 aliphatic carbocycles. The third kappa shape index (κ3) is 3.36. The highest BCUT2D eigenvalue weighted by molar-refractivity contribution is 6.30. The van der Waals surface area contributed by atoms with E-state index in [4.69, 9.17) is 17.3 Å². The molecule has 0 fully saturated rings. The first-order valence-electron chi connectivity index (χ1n) is 5.14. The Bertz CT molecular complexity index is 563. The summed E-state index contributed by atoms with van der Waals surface area (Å²) >= 11 is 5.77. The summed E-state index contributed by atoms with van der Waals surface area (Å²) in [4.78, 5) is 7.90. The van der Waals surface area contributed by atoms with E-state index >= 15 is 0 Å². The average Bonchev–Trinajstić information content (AvgIpc) is 2.42. The Morgan fingerprint density at radius 3 is 2.67 bits per heavy atom. The molecule has 0 atom stereocenters. The minimum Gasteiger partial charge on any atom is -0.380 e. The smallest absolute Gasteiger partial charge is 0.173 e. The van der Waals surface area contributed by atoms with Crippen molar-refractivity contribution in [1.82, 2.24) is 9.97 Å². The molecule has 6 heteroatoms. The van der Waals surface area contributed by atoms with Gasteiger partial charge in [0.2, 0.25) is 0 Å². The van der Waals surface area contributed by atoms with Crippen LogP contribution in [0.4, 0.5) is 0 Å². The van der Waals surface area contributed by atoms with Gasteiger partial charge in [-0.25, -0.2) is 4.98 Å². The van der Waals surface area contributed by atoms with Crippen LogP contribution in [0.1, 0.15) is 11.3 Å². The molecule has 0 saturated carbocycles. The average molecular weight is 260 g/mol. The first-order valence-corrected chi connectivity index (χ1v) is 5.52. The molecule has 0 aliphatic heterocycles. The van der Waals surface area contributed by atoms with E-state index in [1.807, 2.05) is 12.1 Å². The number of nitrogens with zero attached hydrogens (tertiary/aromatic N) is 4. The summed E-state index contributed by atoms with van der Waals surface area (Å²) in [5.74, 6) is 0.216. The van der Waals surface area contributed by atoms with Crippen molar-refractivity contribution in [3.63, 3.8) is 0 Å². The van der Waals surface area contributed by atoms with E-state index in [1.54, 1.807) is 30.7 Å². The summed E-state index contributed by atoms with van der Waals surface area (Å²) in [7, 11) is 0. The van der Waals surface area contributed by atoms with E-state index in [9.17, 15) is 0 Å². The molecule has 2 N–H and O–H groups in total. The molecule has 0 bridgehead atoms. The van der Waals surface area contributed by atoms with Gasteiger partial charge in [0.15, 0.2) is 5.84 Å². The van der Waals surface area contributed by atoms with E-state index in [0.717, 1.165) is 5.56 Å². The van der Waals surface area contributed by atoms with Gasteiger partial charge >= 0.3 is 0 Å². The maximum atomic E-state index is 5.77. The van der Waals surface area contributed by atoms with Gasteiger partial charge in [-0.2, -0.15) is 5.10 Å². The molecule has 1 aromatic carbocycles. The third-order valence-electron chi connectivity index (χ3n) is 2.07. The van der Waals surface area contributed by atoms with Crippen molar-refractivity contribution in [1.29, 1.82) is 0 Å². The quantitative estimate of drug-likeness (QED) is 0.519. The molecule has 2 rings (SSSR count). The number of halogens is 1. The molecule has 18 heavy (non-hydrogen) atoms. The standard InChI is InChI=1S/C12H10ClN5/c13-10-3-1-9(2-4-10)7-17-18-12(14)11-8-15-5-6-16-11/h1-8H,(H2,14,18)/b17-7+. The van der Waals surface area contributed by atoms with Gasteiger partial charge in [0.1, 0.15) is 5.69 Å². The molecular weight excluding hydrogens is 250 g/mol. The topological polar surface area (TPSA) is 76.5 Å². The van der Waals surface area contributed by atoms with Crippen molar-refractivity contribution >= 4 is 23.7 Å². The van der Waals surface area contributed by atoms with Crippen LogP contribution in [0.2, 0.25) is 5.02 Å². The van der Waals surface area contributed by atoms with E-state index in [2.05, 4.69) is 20.2 Å². The highest BCUT2D eigenvalue weighted by Crippen LogP contribution is 2.07. The predicted octanol–water partition coefficient (Wildman–Crippen LogP) is 1.87. The number of hydrogen-bond acceptors (Lipinski definition) is 4. The summed E-state index contributed by atoms with van der Waals surface area (Å²) in [6.07, 6.45) is 6.21. The van der Waals surface area contributed by atoms with Gasteiger partial charge in [0.25, 0.3) is 0 Å². The third-order valence-corrected chi connectivity index (χ3v) is 2.32. The van der Waals surface area contributed by atoms with Gasteiger partial charge in [0, 0.05) is 17.4 Å². The Kier molecular flexibility index (Phi) is 3.98. The molecule has 0 saturated heterocycles. The molecular formula is C12H10ClN5. The zero-order chi connectivity index (χ0) is 12.8. The molecule has 2 aromatic rings. The second-order valence-electron chi connectivity index (χ2n) is 3.37. The van der Waals surface area contributed by atoms with Crippen molar-refractivity contribution in [2.75, 3.05) is 0 Å². The highest BCUT2D eigenvalue weighted by Gasteiger charge is 1.97. The zero-order valence-corrected chi connectivity index (χ0v) is 10.1. The Balaban J connectivity index is 2.08. The van der Waals surface area contributed by atoms with Gasteiger partial charge in [-0.1, -0.05) is 23.7 Å². The summed E-state index contributed by atoms with van der Waals surface area (Å²) < 4.78 is 0.